The van der Waals surface area contributed by atoms with Crippen LogP contribution < -0.4 is 10.1 Å². The molecule has 1 N–H and O–H groups in total. The summed E-state index contributed by atoms with van der Waals surface area (Å²) in [6.07, 6.45) is 2.64. The van der Waals surface area contributed by atoms with E-state index < -0.39 is 0 Å². The highest BCUT2D eigenvalue weighted by atomic mass is 16.5. The second-order valence-electron chi connectivity index (χ2n) is 6.16. The highest BCUT2D eigenvalue weighted by Crippen LogP contribution is 2.13. The summed E-state index contributed by atoms with van der Waals surface area (Å²) in [7, 11) is 2.08. The van der Waals surface area contributed by atoms with E-state index >= 15 is 0 Å². The van der Waals surface area contributed by atoms with Crippen LogP contribution in [0.5, 0.6) is 5.88 Å². The predicted octanol–water partition coefficient (Wildman–Crippen LogP) is 2.29. The van der Waals surface area contributed by atoms with E-state index in [0.29, 0.717) is 24.1 Å². The zero-order valence-electron chi connectivity index (χ0n) is 13.7. The third kappa shape index (κ3) is 5.18. The molecule has 2 heterocycles. The van der Waals surface area contributed by atoms with Crippen LogP contribution in [0.3, 0.4) is 0 Å². The first-order valence-electron chi connectivity index (χ1n) is 7.88. The van der Waals surface area contributed by atoms with Gasteiger partial charge in [0.2, 0.25) is 5.88 Å². The molecule has 0 bridgehead atoms. The van der Waals surface area contributed by atoms with Gasteiger partial charge >= 0.3 is 6.03 Å². The van der Waals surface area contributed by atoms with Gasteiger partial charge in [-0.3, -0.25) is 0 Å². The van der Waals surface area contributed by atoms with Gasteiger partial charge in [-0.1, -0.05) is 13.8 Å². The smallest absolute Gasteiger partial charge is 0.321 e. The van der Waals surface area contributed by atoms with Crippen molar-refractivity contribution in [2.24, 2.45) is 5.92 Å². The Morgan fingerprint density at radius 1 is 1.32 bits per heavy atom. The fourth-order valence-corrected chi connectivity index (χ4v) is 2.24. The van der Waals surface area contributed by atoms with Crippen molar-refractivity contribution >= 4 is 11.7 Å². The van der Waals surface area contributed by atoms with Gasteiger partial charge in [0.15, 0.2) is 0 Å². The molecule has 0 unspecified atom stereocenters. The molecule has 1 aliphatic heterocycles. The number of ether oxygens (including phenoxy) is 1. The average molecular weight is 306 g/mol. The van der Waals surface area contributed by atoms with Gasteiger partial charge in [0.25, 0.3) is 0 Å². The van der Waals surface area contributed by atoms with Crippen LogP contribution in [0.25, 0.3) is 0 Å². The van der Waals surface area contributed by atoms with Crippen molar-refractivity contribution in [1.29, 1.82) is 0 Å². The summed E-state index contributed by atoms with van der Waals surface area (Å²) in [5.41, 5.74) is 0.694. The molecule has 1 aromatic heterocycles. The van der Waals surface area contributed by atoms with Crippen LogP contribution in [0.1, 0.15) is 20.3 Å². The number of hydrogen-bond donors (Lipinski definition) is 1. The molecule has 2 amide bonds. The molecule has 2 rings (SSSR count). The molecule has 0 saturated carbocycles. The van der Waals surface area contributed by atoms with Crippen molar-refractivity contribution in [2.75, 3.05) is 45.2 Å². The van der Waals surface area contributed by atoms with E-state index in [2.05, 4.69) is 36.1 Å². The van der Waals surface area contributed by atoms with Gasteiger partial charge in [-0.05, 0) is 32.0 Å². The van der Waals surface area contributed by atoms with E-state index in [1.54, 1.807) is 12.3 Å². The fourth-order valence-electron chi connectivity index (χ4n) is 2.24. The maximum Gasteiger partial charge on any atom is 0.321 e. The first-order chi connectivity index (χ1) is 10.5. The van der Waals surface area contributed by atoms with Crippen LogP contribution in [0.15, 0.2) is 18.3 Å². The first kappa shape index (κ1) is 16.5. The molecule has 1 aliphatic rings. The summed E-state index contributed by atoms with van der Waals surface area (Å²) < 4.78 is 5.53. The number of carbonyl (C=O) groups excluding carboxylic acids is 1. The number of likely N-dealkylation sites (N-methyl/N-ethyl adjacent to an activating group) is 1. The fraction of sp³-hybridized carbons (Fsp3) is 0.625. The lowest BCUT2D eigenvalue weighted by molar-refractivity contribution is 0.213. The summed E-state index contributed by atoms with van der Waals surface area (Å²) in [5.74, 6) is 1.05. The minimum atomic E-state index is -0.0621. The van der Waals surface area contributed by atoms with E-state index in [4.69, 9.17) is 4.74 Å². The topological polar surface area (TPSA) is 57.7 Å². The van der Waals surface area contributed by atoms with E-state index in [1.165, 1.54) is 0 Å². The Morgan fingerprint density at radius 3 is 2.82 bits per heavy atom. The number of amides is 2. The highest BCUT2D eigenvalue weighted by Gasteiger charge is 2.17. The number of anilines is 1. The van der Waals surface area contributed by atoms with Gasteiger partial charge in [0.05, 0.1) is 18.5 Å². The normalized spacial score (nSPS) is 16.5. The van der Waals surface area contributed by atoms with Crippen molar-refractivity contribution in [3.8, 4) is 5.88 Å². The third-order valence-electron chi connectivity index (χ3n) is 3.56. The molecule has 122 valence electrons. The van der Waals surface area contributed by atoms with Gasteiger partial charge in [-0.25, -0.2) is 9.78 Å². The average Bonchev–Trinajstić information content (AvgIpc) is 2.71. The maximum absolute atomic E-state index is 12.3. The van der Waals surface area contributed by atoms with Crippen LogP contribution in [0, 0.1) is 5.92 Å². The molecule has 0 aliphatic carbocycles. The summed E-state index contributed by atoms with van der Waals surface area (Å²) in [6.45, 7) is 8.31. The van der Waals surface area contributed by atoms with Crippen LogP contribution in [-0.2, 0) is 0 Å². The second kappa shape index (κ2) is 7.98. The lowest BCUT2D eigenvalue weighted by Crippen LogP contribution is -2.37. The Hall–Kier alpha value is -1.82. The lowest BCUT2D eigenvalue weighted by Gasteiger charge is -2.21. The minimum Gasteiger partial charge on any atom is -0.477 e. The SMILES string of the molecule is CC(C)COc1ccc(NC(=O)N2CCCN(C)CC2)cn1. The molecule has 6 heteroatoms. The van der Waals surface area contributed by atoms with Crippen molar-refractivity contribution in [3.63, 3.8) is 0 Å². The molecule has 1 fully saturated rings. The Morgan fingerprint density at radius 2 is 2.14 bits per heavy atom. The molecule has 0 aromatic carbocycles. The zero-order chi connectivity index (χ0) is 15.9. The summed E-state index contributed by atoms with van der Waals surface area (Å²) in [6, 6.07) is 3.55. The molecule has 6 nitrogen and oxygen atoms in total. The number of urea groups is 1. The van der Waals surface area contributed by atoms with Crippen molar-refractivity contribution in [3.05, 3.63) is 18.3 Å². The summed E-state index contributed by atoms with van der Waals surface area (Å²) in [5, 5.41) is 2.90. The molecule has 0 atom stereocenters. The van der Waals surface area contributed by atoms with Gasteiger partial charge in [0.1, 0.15) is 0 Å². The van der Waals surface area contributed by atoms with Crippen LogP contribution in [0.2, 0.25) is 0 Å². The zero-order valence-corrected chi connectivity index (χ0v) is 13.7. The molecule has 0 radical (unpaired) electrons. The maximum atomic E-state index is 12.3. The molecular weight excluding hydrogens is 280 g/mol. The number of rotatable bonds is 4. The molecule has 1 saturated heterocycles. The Labute approximate surface area is 132 Å². The minimum absolute atomic E-state index is 0.0621. The van der Waals surface area contributed by atoms with Crippen LogP contribution in [-0.4, -0.2) is 60.6 Å². The van der Waals surface area contributed by atoms with E-state index in [-0.39, 0.29) is 6.03 Å². The van der Waals surface area contributed by atoms with Crippen molar-refractivity contribution in [1.82, 2.24) is 14.8 Å². The number of carbonyl (C=O) groups is 1. The Bertz CT molecular complexity index is 476. The molecule has 22 heavy (non-hydrogen) atoms. The van der Waals surface area contributed by atoms with E-state index in [9.17, 15) is 4.79 Å². The number of nitrogens with one attached hydrogen (secondary N) is 1. The Balaban J connectivity index is 1.85. The van der Waals surface area contributed by atoms with Gasteiger partial charge in [-0.15, -0.1) is 0 Å². The number of pyridine rings is 1. The second-order valence-corrected chi connectivity index (χ2v) is 6.16. The monoisotopic (exact) mass is 306 g/mol. The largest absolute Gasteiger partial charge is 0.477 e. The predicted molar refractivity (Wildman–Crippen MR) is 87.3 cm³/mol. The Kier molecular flexibility index (Phi) is 6.00. The quantitative estimate of drug-likeness (QED) is 0.927. The van der Waals surface area contributed by atoms with Crippen molar-refractivity contribution in [2.45, 2.75) is 20.3 Å². The molecular formula is C16H26N4O2. The third-order valence-corrected chi connectivity index (χ3v) is 3.56. The number of aromatic nitrogens is 1. The standard InChI is InChI=1S/C16H26N4O2/c1-13(2)12-22-15-6-5-14(11-17-15)18-16(21)20-8-4-7-19(3)9-10-20/h5-6,11,13H,4,7-10,12H2,1-3H3,(H,18,21). The summed E-state index contributed by atoms with van der Waals surface area (Å²) in [4.78, 5) is 20.6. The van der Waals surface area contributed by atoms with E-state index in [1.807, 2.05) is 11.0 Å². The van der Waals surface area contributed by atoms with Crippen LogP contribution >= 0.6 is 0 Å². The van der Waals surface area contributed by atoms with Crippen LogP contribution in [0.4, 0.5) is 10.5 Å². The lowest BCUT2D eigenvalue weighted by atomic mass is 10.2. The van der Waals surface area contributed by atoms with Crippen molar-refractivity contribution < 1.29 is 9.53 Å². The van der Waals surface area contributed by atoms with Gasteiger partial charge in [0, 0.05) is 25.7 Å². The highest BCUT2D eigenvalue weighted by molar-refractivity contribution is 5.89. The first-order valence-corrected chi connectivity index (χ1v) is 7.88. The number of nitrogens with zero attached hydrogens (tertiary/aromatic N) is 3. The number of hydrogen-bond acceptors (Lipinski definition) is 4. The van der Waals surface area contributed by atoms with Gasteiger partial charge < -0.3 is 19.9 Å². The van der Waals surface area contributed by atoms with E-state index in [0.717, 1.165) is 32.6 Å². The molecule has 0 spiro atoms. The summed E-state index contributed by atoms with van der Waals surface area (Å²) >= 11 is 0. The molecule has 1 aromatic rings. The van der Waals surface area contributed by atoms with Gasteiger partial charge in [-0.2, -0.15) is 0 Å².